The van der Waals surface area contributed by atoms with E-state index in [1.807, 2.05) is 36.5 Å². The van der Waals surface area contributed by atoms with Crippen LogP contribution in [0, 0.1) is 0 Å². The summed E-state index contributed by atoms with van der Waals surface area (Å²) in [5, 5.41) is 12.3. The Bertz CT molecular complexity index is 927. The number of nitrogens with zero attached hydrogens (tertiary/aromatic N) is 5. The van der Waals surface area contributed by atoms with Crippen LogP contribution in [0.5, 0.6) is 0 Å². The lowest BCUT2D eigenvalue weighted by molar-refractivity contribution is 0.645. The van der Waals surface area contributed by atoms with Gasteiger partial charge in [-0.05, 0) is 38.5 Å². The van der Waals surface area contributed by atoms with E-state index in [1.54, 1.807) is 4.68 Å². The molecule has 0 aliphatic heterocycles. The first-order chi connectivity index (χ1) is 13.4. The second kappa shape index (κ2) is 7.10. The van der Waals surface area contributed by atoms with Crippen molar-refractivity contribution in [3.05, 3.63) is 47.8 Å². The molecule has 6 heteroatoms. The molecule has 27 heavy (non-hydrogen) atoms. The van der Waals surface area contributed by atoms with E-state index < -0.39 is 0 Å². The largest absolute Gasteiger partial charge is 0.367 e. The predicted molar refractivity (Wildman–Crippen MR) is 105 cm³/mol. The molecule has 0 atom stereocenters. The highest BCUT2D eigenvalue weighted by Gasteiger charge is 2.22. The van der Waals surface area contributed by atoms with Crippen LogP contribution in [-0.2, 0) is 12.8 Å². The third-order valence-corrected chi connectivity index (χ3v) is 5.64. The topological polar surface area (TPSA) is 68.5 Å². The molecule has 1 aromatic carbocycles. The smallest absolute Gasteiger partial charge is 0.254 e. The predicted octanol–water partition coefficient (Wildman–Crippen LogP) is 3.96. The van der Waals surface area contributed by atoms with Crippen molar-refractivity contribution in [2.75, 3.05) is 5.32 Å². The minimum absolute atomic E-state index is 0.536. The Morgan fingerprint density at radius 1 is 0.926 bits per heavy atom. The lowest BCUT2D eigenvalue weighted by Gasteiger charge is -2.22. The van der Waals surface area contributed by atoms with Gasteiger partial charge >= 0.3 is 0 Å². The number of hydrogen-bond acceptors (Lipinski definition) is 5. The van der Waals surface area contributed by atoms with Crippen molar-refractivity contribution in [3.8, 4) is 17.2 Å². The molecule has 2 aliphatic rings. The van der Waals surface area contributed by atoms with Crippen LogP contribution in [0.2, 0.25) is 0 Å². The van der Waals surface area contributed by atoms with Gasteiger partial charge in [-0.3, -0.25) is 0 Å². The zero-order chi connectivity index (χ0) is 18.1. The monoisotopic (exact) mass is 360 g/mol. The van der Waals surface area contributed by atoms with E-state index in [1.165, 1.54) is 49.8 Å². The van der Waals surface area contributed by atoms with E-state index in [-0.39, 0.29) is 0 Å². The van der Waals surface area contributed by atoms with E-state index in [0.717, 1.165) is 29.9 Å². The van der Waals surface area contributed by atoms with Crippen molar-refractivity contribution in [2.24, 2.45) is 0 Å². The van der Waals surface area contributed by atoms with Crippen molar-refractivity contribution in [1.82, 2.24) is 25.0 Å². The summed E-state index contributed by atoms with van der Waals surface area (Å²) >= 11 is 0. The van der Waals surface area contributed by atoms with Gasteiger partial charge in [0.05, 0.1) is 11.9 Å². The highest BCUT2D eigenvalue weighted by atomic mass is 15.5. The second-order valence-corrected chi connectivity index (χ2v) is 7.54. The van der Waals surface area contributed by atoms with E-state index >= 15 is 0 Å². The number of aryl methyl sites for hydroxylation is 1. The molecule has 138 valence electrons. The molecule has 1 saturated carbocycles. The van der Waals surface area contributed by atoms with Gasteiger partial charge in [-0.1, -0.05) is 48.4 Å². The van der Waals surface area contributed by atoms with Crippen molar-refractivity contribution in [1.29, 1.82) is 0 Å². The summed E-state index contributed by atoms with van der Waals surface area (Å²) in [7, 11) is 0. The first-order valence-electron chi connectivity index (χ1n) is 10.0. The molecule has 0 saturated heterocycles. The molecule has 0 unspecified atom stereocenters. The quantitative estimate of drug-likeness (QED) is 0.763. The van der Waals surface area contributed by atoms with E-state index in [9.17, 15) is 0 Å². The average molecular weight is 360 g/mol. The van der Waals surface area contributed by atoms with Crippen LogP contribution in [0.25, 0.3) is 17.2 Å². The van der Waals surface area contributed by atoms with Crippen LogP contribution in [0.15, 0.2) is 36.5 Å². The first-order valence-corrected chi connectivity index (χ1v) is 10.0. The van der Waals surface area contributed by atoms with Gasteiger partial charge in [0.1, 0.15) is 11.5 Å². The van der Waals surface area contributed by atoms with Crippen LogP contribution in [-0.4, -0.2) is 31.0 Å². The summed E-state index contributed by atoms with van der Waals surface area (Å²) in [5.74, 6) is 1.63. The molecule has 0 amide bonds. The standard InChI is InChI=1S/C21H24N6/c1-2-8-15(9-3-1)19-14-27(26-25-19)21-23-18-13-7-6-12-17(18)20(24-21)22-16-10-4-5-11-16/h1-3,8-9,14,16H,4-7,10-13H2,(H,22,23,24). The lowest BCUT2D eigenvalue weighted by atomic mass is 9.96. The molecule has 6 nitrogen and oxygen atoms in total. The average Bonchev–Trinajstić information content (AvgIpc) is 3.41. The SMILES string of the molecule is c1ccc(-c2cn(-c3nc4c(c(NC5CCCC5)n3)CCCC4)nn2)cc1. The second-order valence-electron chi connectivity index (χ2n) is 7.54. The van der Waals surface area contributed by atoms with Gasteiger partial charge in [-0.25, -0.2) is 4.98 Å². The Labute approximate surface area is 159 Å². The molecule has 0 radical (unpaired) electrons. The fraction of sp³-hybridized carbons (Fsp3) is 0.429. The maximum Gasteiger partial charge on any atom is 0.254 e. The van der Waals surface area contributed by atoms with E-state index in [4.69, 9.17) is 9.97 Å². The Kier molecular flexibility index (Phi) is 4.32. The summed E-state index contributed by atoms with van der Waals surface area (Å²) < 4.78 is 1.71. The fourth-order valence-corrected chi connectivity index (χ4v) is 4.17. The molecule has 1 N–H and O–H groups in total. The molecule has 0 bridgehead atoms. The number of hydrogen-bond donors (Lipinski definition) is 1. The van der Waals surface area contributed by atoms with Crippen molar-refractivity contribution in [3.63, 3.8) is 0 Å². The van der Waals surface area contributed by atoms with Crippen LogP contribution in [0.1, 0.15) is 49.8 Å². The Morgan fingerprint density at radius 3 is 2.59 bits per heavy atom. The molecule has 1 fully saturated rings. The molecular weight excluding hydrogens is 336 g/mol. The van der Waals surface area contributed by atoms with Gasteiger partial charge in [0, 0.05) is 17.2 Å². The van der Waals surface area contributed by atoms with Crippen molar-refractivity contribution >= 4 is 5.82 Å². The van der Waals surface area contributed by atoms with E-state index in [0.29, 0.717) is 12.0 Å². The van der Waals surface area contributed by atoms with Gasteiger partial charge in [0.2, 0.25) is 0 Å². The summed E-state index contributed by atoms with van der Waals surface area (Å²) in [4.78, 5) is 9.70. The Balaban J connectivity index is 1.51. The van der Waals surface area contributed by atoms with Gasteiger partial charge < -0.3 is 5.32 Å². The molecule has 2 heterocycles. The third-order valence-electron chi connectivity index (χ3n) is 5.64. The molecule has 2 aliphatic carbocycles. The number of rotatable bonds is 4. The summed E-state index contributed by atoms with van der Waals surface area (Å²) in [6.45, 7) is 0. The highest BCUT2D eigenvalue weighted by Crippen LogP contribution is 2.29. The molecule has 3 aromatic rings. The van der Waals surface area contributed by atoms with Gasteiger partial charge in [0.25, 0.3) is 5.95 Å². The zero-order valence-electron chi connectivity index (χ0n) is 15.4. The number of benzene rings is 1. The number of aromatic nitrogens is 5. The minimum Gasteiger partial charge on any atom is -0.367 e. The van der Waals surface area contributed by atoms with Crippen molar-refractivity contribution < 1.29 is 0 Å². The Morgan fingerprint density at radius 2 is 1.74 bits per heavy atom. The first kappa shape index (κ1) is 16.4. The normalized spacial score (nSPS) is 17.0. The summed E-state index contributed by atoms with van der Waals surface area (Å²) in [6, 6.07) is 10.6. The molecule has 5 rings (SSSR count). The maximum absolute atomic E-state index is 4.87. The van der Waals surface area contributed by atoms with Crippen molar-refractivity contribution in [2.45, 2.75) is 57.4 Å². The van der Waals surface area contributed by atoms with Crippen LogP contribution < -0.4 is 5.32 Å². The summed E-state index contributed by atoms with van der Waals surface area (Å²) in [6.07, 6.45) is 11.5. The number of nitrogens with one attached hydrogen (secondary N) is 1. The van der Waals surface area contributed by atoms with Gasteiger partial charge in [0.15, 0.2) is 0 Å². The Hall–Kier alpha value is -2.76. The minimum atomic E-state index is 0.536. The summed E-state index contributed by atoms with van der Waals surface area (Å²) in [5.41, 5.74) is 4.36. The van der Waals surface area contributed by atoms with Gasteiger partial charge in [-0.15, -0.1) is 5.10 Å². The van der Waals surface area contributed by atoms with Gasteiger partial charge in [-0.2, -0.15) is 9.67 Å². The van der Waals surface area contributed by atoms with Crippen LogP contribution in [0.4, 0.5) is 5.82 Å². The third kappa shape index (κ3) is 3.31. The lowest BCUT2D eigenvalue weighted by Crippen LogP contribution is -2.21. The molecule has 0 spiro atoms. The number of fused-ring (bicyclic) bond motifs is 1. The van der Waals surface area contributed by atoms with Crippen LogP contribution in [0.3, 0.4) is 0 Å². The van der Waals surface area contributed by atoms with E-state index in [2.05, 4.69) is 15.6 Å². The molecular formula is C21H24N6. The highest BCUT2D eigenvalue weighted by molar-refractivity contribution is 5.58. The van der Waals surface area contributed by atoms with Crippen LogP contribution >= 0.6 is 0 Å². The number of anilines is 1. The molecule has 2 aromatic heterocycles. The maximum atomic E-state index is 4.87. The zero-order valence-corrected chi connectivity index (χ0v) is 15.4. The fourth-order valence-electron chi connectivity index (χ4n) is 4.17.